The molecule has 1 aromatic heterocycles. The lowest BCUT2D eigenvalue weighted by atomic mass is 10.0. The number of anilines is 3. The van der Waals surface area contributed by atoms with Crippen LogP contribution in [0.2, 0.25) is 0 Å². The van der Waals surface area contributed by atoms with Crippen LogP contribution in [0.1, 0.15) is 25.0 Å². The molecule has 2 rings (SSSR count). The molecule has 118 valence electrons. The van der Waals surface area contributed by atoms with Crippen molar-refractivity contribution in [3.63, 3.8) is 0 Å². The van der Waals surface area contributed by atoms with Crippen molar-refractivity contribution >= 4 is 23.2 Å². The topological polar surface area (TPSA) is 108 Å². The van der Waals surface area contributed by atoms with Crippen LogP contribution < -0.4 is 11.1 Å². The summed E-state index contributed by atoms with van der Waals surface area (Å²) in [6, 6.07) is 4.29. The molecular formula is C16H16FN5O. The predicted octanol–water partition coefficient (Wildman–Crippen LogP) is 2.06. The highest BCUT2D eigenvalue weighted by Gasteiger charge is 2.11. The van der Waals surface area contributed by atoms with Crippen LogP contribution in [0.25, 0.3) is 0 Å². The number of aliphatic hydroxyl groups excluding tert-OH is 1. The first-order valence-corrected chi connectivity index (χ1v) is 6.81. The molecule has 1 heterocycles. The number of benzene rings is 1. The van der Waals surface area contributed by atoms with E-state index in [-0.39, 0.29) is 17.2 Å². The number of nitrogens with two attached hydrogens (primary N) is 1. The Morgan fingerprint density at radius 2 is 2.22 bits per heavy atom. The van der Waals surface area contributed by atoms with E-state index in [1.54, 1.807) is 13.0 Å². The molecule has 1 atom stereocenters. The Morgan fingerprint density at radius 3 is 2.83 bits per heavy atom. The minimum atomic E-state index is -0.864. The fourth-order valence-electron chi connectivity index (χ4n) is 1.85. The van der Waals surface area contributed by atoms with E-state index >= 15 is 0 Å². The first-order chi connectivity index (χ1) is 10.9. The smallest absolute Gasteiger partial charge is 0.221 e. The third kappa shape index (κ3) is 4.25. The van der Waals surface area contributed by atoms with E-state index in [1.165, 1.54) is 25.3 Å². The second-order valence-corrected chi connectivity index (χ2v) is 4.87. The molecule has 0 fully saturated rings. The molecule has 6 nitrogen and oxygen atoms in total. The quantitative estimate of drug-likeness (QED) is 0.512. The van der Waals surface area contributed by atoms with Gasteiger partial charge in [-0.1, -0.05) is 11.8 Å². The van der Waals surface area contributed by atoms with Gasteiger partial charge in [0.1, 0.15) is 17.7 Å². The molecule has 1 aromatic carbocycles. The Labute approximate surface area is 133 Å². The third-order valence-corrected chi connectivity index (χ3v) is 2.86. The van der Waals surface area contributed by atoms with Crippen LogP contribution in [0, 0.1) is 23.1 Å². The van der Waals surface area contributed by atoms with Crippen molar-refractivity contribution < 1.29 is 9.50 Å². The Bertz CT molecular complexity index is 808. The number of hydrogen-bond donors (Lipinski definition) is 4. The maximum absolute atomic E-state index is 14.1. The Hall–Kier alpha value is -2.98. The summed E-state index contributed by atoms with van der Waals surface area (Å²) in [4.78, 5) is 7.80. The van der Waals surface area contributed by atoms with Crippen molar-refractivity contribution in [2.24, 2.45) is 0 Å². The summed E-state index contributed by atoms with van der Waals surface area (Å²) in [6.07, 6.45) is 0.621. The Balaban J connectivity index is 2.49. The molecule has 0 saturated heterocycles. The van der Waals surface area contributed by atoms with Crippen molar-refractivity contribution in [1.29, 1.82) is 5.41 Å². The first-order valence-electron chi connectivity index (χ1n) is 6.81. The normalized spacial score (nSPS) is 11.3. The van der Waals surface area contributed by atoms with Gasteiger partial charge in [0.2, 0.25) is 5.95 Å². The standard InChI is InChI=1S/C16H16FN5O/c1-9(23)3-4-11-7-14(12(10(2)18)8-13(11)17)21-15-5-6-20-16(19)22-15/h5-9,18,23H,1-2H3,(H3,19,20,21,22). The fourth-order valence-corrected chi connectivity index (χ4v) is 1.85. The molecule has 2 aromatic rings. The maximum Gasteiger partial charge on any atom is 0.221 e. The zero-order valence-electron chi connectivity index (χ0n) is 12.7. The number of rotatable bonds is 3. The molecule has 0 saturated carbocycles. The van der Waals surface area contributed by atoms with Gasteiger partial charge in [0.05, 0.1) is 11.3 Å². The summed E-state index contributed by atoms with van der Waals surface area (Å²) in [5.74, 6) is 5.01. The van der Waals surface area contributed by atoms with Gasteiger partial charge in [-0.05, 0) is 32.0 Å². The van der Waals surface area contributed by atoms with Gasteiger partial charge in [0.15, 0.2) is 0 Å². The summed E-state index contributed by atoms with van der Waals surface area (Å²) in [5, 5.41) is 20.0. The predicted molar refractivity (Wildman–Crippen MR) is 87.2 cm³/mol. The largest absolute Gasteiger partial charge is 0.381 e. The van der Waals surface area contributed by atoms with Crippen molar-refractivity contribution in [1.82, 2.24) is 9.97 Å². The van der Waals surface area contributed by atoms with Gasteiger partial charge in [-0.15, -0.1) is 0 Å². The average molecular weight is 313 g/mol. The lowest BCUT2D eigenvalue weighted by Gasteiger charge is -2.12. The highest BCUT2D eigenvalue weighted by molar-refractivity contribution is 6.02. The Kier molecular flexibility index (Phi) is 4.88. The van der Waals surface area contributed by atoms with Crippen molar-refractivity contribution in [2.75, 3.05) is 11.1 Å². The summed E-state index contributed by atoms with van der Waals surface area (Å²) in [6.45, 7) is 3.04. The van der Waals surface area contributed by atoms with Crippen molar-refractivity contribution in [2.45, 2.75) is 20.0 Å². The van der Waals surface area contributed by atoms with Crippen molar-refractivity contribution in [3.05, 3.63) is 41.3 Å². The molecule has 7 heteroatoms. The van der Waals surface area contributed by atoms with E-state index in [9.17, 15) is 9.50 Å². The molecule has 1 unspecified atom stereocenters. The number of hydrogen-bond acceptors (Lipinski definition) is 6. The van der Waals surface area contributed by atoms with Crippen LogP contribution in [0.5, 0.6) is 0 Å². The number of nitrogens with zero attached hydrogens (tertiary/aromatic N) is 2. The third-order valence-electron chi connectivity index (χ3n) is 2.86. The molecule has 0 aliphatic rings. The van der Waals surface area contributed by atoms with E-state index in [4.69, 9.17) is 11.1 Å². The highest BCUT2D eigenvalue weighted by atomic mass is 19.1. The van der Waals surface area contributed by atoms with E-state index in [2.05, 4.69) is 27.1 Å². The second kappa shape index (κ2) is 6.85. The minimum Gasteiger partial charge on any atom is -0.381 e. The summed E-state index contributed by atoms with van der Waals surface area (Å²) in [5.41, 5.74) is 6.67. The summed E-state index contributed by atoms with van der Waals surface area (Å²) in [7, 11) is 0. The summed E-state index contributed by atoms with van der Waals surface area (Å²) < 4.78 is 14.1. The fraction of sp³-hybridized carbons (Fsp3) is 0.188. The van der Waals surface area contributed by atoms with E-state index in [1.807, 2.05) is 0 Å². The number of aliphatic hydroxyl groups is 1. The van der Waals surface area contributed by atoms with Crippen LogP contribution >= 0.6 is 0 Å². The van der Waals surface area contributed by atoms with Crippen LogP contribution in [-0.2, 0) is 0 Å². The zero-order chi connectivity index (χ0) is 17.0. The summed E-state index contributed by atoms with van der Waals surface area (Å²) >= 11 is 0. The second-order valence-electron chi connectivity index (χ2n) is 4.87. The van der Waals surface area contributed by atoms with Crippen LogP contribution in [-0.4, -0.2) is 26.9 Å². The van der Waals surface area contributed by atoms with E-state index < -0.39 is 11.9 Å². The van der Waals surface area contributed by atoms with Crippen LogP contribution in [0.15, 0.2) is 24.4 Å². The molecule has 5 N–H and O–H groups in total. The molecule has 0 spiro atoms. The number of halogens is 1. The van der Waals surface area contributed by atoms with Gasteiger partial charge in [-0.2, -0.15) is 4.98 Å². The molecular weight excluding hydrogens is 297 g/mol. The number of nitrogens with one attached hydrogen (secondary N) is 2. The van der Waals surface area contributed by atoms with Gasteiger partial charge in [-0.25, -0.2) is 9.37 Å². The zero-order valence-corrected chi connectivity index (χ0v) is 12.7. The molecule has 23 heavy (non-hydrogen) atoms. The minimum absolute atomic E-state index is 0.0966. The van der Waals surface area contributed by atoms with Gasteiger partial charge in [0.25, 0.3) is 0 Å². The van der Waals surface area contributed by atoms with Gasteiger partial charge < -0.3 is 21.6 Å². The molecule has 0 radical (unpaired) electrons. The van der Waals surface area contributed by atoms with E-state index in [0.29, 0.717) is 17.1 Å². The molecule has 0 bridgehead atoms. The van der Waals surface area contributed by atoms with Crippen LogP contribution in [0.4, 0.5) is 21.8 Å². The lowest BCUT2D eigenvalue weighted by molar-refractivity contribution is 0.253. The highest BCUT2D eigenvalue weighted by Crippen LogP contribution is 2.24. The first kappa shape index (κ1) is 16.4. The lowest BCUT2D eigenvalue weighted by Crippen LogP contribution is -2.05. The Morgan fingerprint density at radius 1 is 1.48 bits per heavy atom. The maximum atomic E-state index is 14.1. The van der Waals surface area contributed by atoms with Gasteiger partial charge in [0, 0.05) is 17.5 Å². The SMILES string of the molecule is CC(=N)c1cc(F)c(C#CC(C)O)cc1Nc1ccnc(N)n1. The molecule has 0 aliphatic heterocycles. The molecule has 0 aliphatic carbocycles. The van der Waals surface area contributed by atoms with Gasteiger partial charge >= 0.3 is 0 Å². The van der Waals surface area contributed by atoms with Gasteiger partial charge in [-0.3, -0.25) is 0 Å². The average Bonchev–Trinajstić information content (AvgIpc) is 2.47. The molecule has 0 amide bonds. The number of nitrogen functional groups attached to an aromatic ring is 1. The van der Waals surface area contributed by atoms with E-state index in [0.717, 1.165) is 0 Å². The van der Waals surface area contributed by atoms with Crippen molar-refractivity contribution in [3.8, 4) is 11.8 Å². The van der Waals surface area contributed by atoms with Crippen LogP contribution in [0.3, 0.4) is 0 Å². The number of aromatic nitrogens is 2. The monoisotopic (exact) mass is 313 g/mol.